The summed E-state index contributed by atoms with van der Waals surface area (Å²) in [6.07, 6.45) is -0.726. The third-order valence-corrected chi connectivity index (χ3v) is 5.61. The number of hydrogen-bond acceptors (Lipinski definition) is 3. The first-order valence-corrected chi connectivity index (χ1v) is 11.0. The minimum atomic E-state index is -4.31. The third kappa shape index (κ3) is 5.26. The van der Waals surface area contributed by atoms with Crippen LogP contribution in [0.5, 0.6) is 0 Å². The Morgan fingerprint density at radius 3 is 2.75 bits per heavy atom. The molecule has 1 unspecified atom stereocenters. The average molecular weight is 444 g/mol. The molecule has 0 radical (unpaired) electrons. The summed E-state index contributed by atoms with van der Waals surface area (Å²) in [5.74, 6) is 0.0184. The zero-order valence-electron chi connectivity index (χ0n) is 15.0. The van der Waals surface area contributed by atoms with Gasteiger partial charge in [-0.3, -0.25) is 4.57 Å². The fourth-order valence-electron chi connectivity index (χ4n) is 3.31. The topological polar surface area (TPSA) is 102 Å². The molecule has 0 saturated carbocycles. The van der Waals surface area contributed by atoms with Gasteiger partial charge in [-0.15, -0.1) is 0 Å². The van der Waals surface area contributed by atoms with Gasteiger partial charge in [0.05, 0.1) is 0 Å². The molecule has 0 aromatic heterocycles. The van der Waals surface area contributed by atoms with Gasteiger partial charge in [0.15, 0.2) is 0 Å². The molecular weight excluding hydrogens is 424 g/mol. The van der Waals surface area contributed by atoms with Crippen LogP contribution in [-0.4, -0.2) is 40.6 Å². The summed E-state index contributed by atoms with van der Waals surface area (Å²) < 4.78 is 10.9. The quantitative estimate of drug-likeness (QED) is 0.537. The molecule has 0 saturated heterocycles. The van der Waals surface area contributed by atoms with Crippen LogP contribution in [0.2, 0.25) is 10.0 Å². The fourth-order valence-corrected chi connectivity index (χ4v) is 4.23. The Morgan fingerprint density at radius 2 is 2.04 bits per heavy atom. The lowest BCUT2D eigenvalue weighted by Gasteiger charge is -2.33. The van der Waals surface area contributed by atoms with Crippen LogP contribution in [0.25, 0.3) is 0 Å². The number of hydrogen-bond donors (Lipinski definition) is 4. The maximum absolute atomic E-state index is 11.9. The predicted octanol–water partition coefficient (Wildman–Crippen LogP) is 3.83. The van der Waals surface area contributed by atoms with E-state index in [1.54, 1.807) is 12.1 Å². The number of amides is 2. The molecule has 10 heteroatoms. The fraction of sp³-hybridized carbons (Fsp3) is 0.278. The van der Waals surface area contributed by atoms with Crippen LogP contribution in [0.1, 0.15) is 22.6 Å². The van der Waals surface area contributed by atoms with Gasteiger partial charge in [0.1, 0.15) is 6.29 Å². The number of carbonyl (C=O) groups is 1. The van der Waals surface area contributed by atoms with Crippen molar-refractivity contribution in [3.05, 3.63) is 63.1 Å². The van der Waals surface area contributed by atoms with E-state index in [0.717, 1.165) is 29.8 Å². The second-order valence-electron chi connectivity index (χ2n) is 6.78. The SMILES string of the molecule is CN1Cc2c(Cl)cc(Cl)cc2C(c2cccc(NC(=O)NCP(=O)(O)O)c2)C1. The molecular formula is C18H20Cl2N3O4P. The van der Waals surface area contributed by atoms with Gasteiger partial charge in [0, 0.05) is 34.7 Å². The van der Waals surface area contributed by atoms with Crippen LogP contribution in [0.15, 0.2) is 36.4 Å². The average Bonchev–Trinajstić information content (AvgIpc) is 2.60. The molecule has 7 nitrogen and oxygen atoms in total. The summed E-state index contributed by atoms with van der Waals surface area (Å²) in [5, 5.41) is 5.95. The van der Waals surface area contributed by atoms with Crippen molar-refractivity contribution in [2.45, 2.75) is 12.5 Å². The summed E-state index contributed by atoms with van der Waals surface area (Å²) in [6.45, 7) is 1.49. The zero-order valence-corrected chi connectivity index (χ0v) is 17.4. The minimum Gasteiger partial charge on any atom is -0.326 e. The Hall–Kier alpha value is -1.60. The first kappa shape index (κ1) is 21.1. The number of rotatable bonds is 4. The van der Waals surface area contributed by atoms with Crippen LogP contribution < -0.4 is 10.6 Å². The Labute approximate surface area is 172 Å². The van der Waals surface area contributed by atoms with E-state index in [0.29, 0.717) is 15.7 Å². The maximum atomic E-state index is 11.9. The summed E-state index contributed by atoms with van der Waals surface area (Å²) >= 11 is 12.6. The van der Waals surface area contributed by atoms with E-state index in [1.165, 1.54) is 0 Å². The van der Waals surface area contributed by atoms with Crippen molar-refractivity contribution in [1.82, 2.24) is 10.2 Å². The van der Waals surface area contributed by atoms with Crippen LogP contribution in [0, 0.1) is 0 Å². The van der Waals surface area contributed by atoms with Gasteiger partial charge in [-0.05, 0) is 48.0 Å². The minimum absolute atomic E-state index is 0.0184. The van der Waals surface area contributed by atoms with Crippen molar-refractivity contribution >= 4 is 42.5 Å². The van der Waals surface area contributed by atoms with Crippen molar-refractivity contribution in [2.24, 2.45) is 0 Å². The number of carbonyl (C=O) groups excluding carboxylic acids is 1. The molecule has 2 aromatic rings. The highest BCUT2D eigenvalue weighted by atomic mass is 35.5. The number of likely N-dealkylation sites (N-methyl/N-ethyl adjacent to an activating group) is 1. The van der Waals surface area contributed by atoms with Crippen molar-refractivity contribution in [2.75, 3.05) is 25.2 Å². The summed E-state index contributed by atoms with van der Waals surface area (Å²) in [6, 6.07) is 10.3. The molecule has 0 aliphatic carbocycles. The highest BCUT2D eigenvalue weighted by Gasteiger charge is 2.27. The van der Waals surface area contributed by atoms with E-state index in [9.17, 15) is 9.36 Å². The van der Waals surface area contributed by atoms with Crippen LogP contribution in [-0.2, 0) is 11.1 Å². The maximum Gasteiger partial charge on any atom is 0.344 e. The molecule has 1 aliphatic heterocycles. The molecule has 0 spiro atoms. The Morgan fingerprint density at radius 1 is 1.29 bits per heavy atom. The van der Waals surface area contributed by atoms with Crippen molar-refractivity contribution in [1.29, 1.82) is 0 Å². The lowest BCUT2D eigenvalue weighted by atomic mass is 9.84. The molecule has 1 atom stereocenters. The third-order valence-electron chi connectivity index (χ3n) is 4.48. The number of benzene rings is 2. The lowest BCUT2D eigenvalue weighted by Crippen LogP contribution is -2.31. The van der Waals surface area contributed by atoms with Gasteiger partial charge < -0.3 is 25.3 Å². The molecule has 3 rings (SSSR count). The van der Waals surface area contributed by atoms with E-state index in [2.05, 4.69) is 15.5 Å². The second kappa shape index (κ2) is 8.41. The lowest BCUT2D eigenvalue weighted by molar-refractivity contribution is 0.252. The van der Waals surface area contributed by atoms with E-state index < -0.39 is 19.9 Å². The summed E-state index contributed by atoms with van der Waals surface area (Å²) in [7, 11) is -2.30. The largest absolute Gasteiger partial charge is 0.344 e. The molecule has 2 amide bonds. The van der Waals surface area contributed by atoms with Crippen LogP contribution >= 0.6 is 30.8 Å². The Balaban J connectivity index is 1.85. The zero-order chi connectivity index (χ0) is 20.5. The van der Waals surface area contributed by atoms with Gasteiger partial charge >= 0.3 is 13.6 Å². The smallest absolute Gasteiger partial charge is 0.326 e. The number of nitrogens with one attached hydrogen (secondary N) is 2. The number of halogens is 2. The molecule has 0 fully saturated rings. The van der Waals surface area contributed by atoms with Crippen LogP contribution in [0.4, 0.5) is 10.5 Å². The monoisotopic (exact) mass is 443 g/mol. The molecule has 2 aromatic carbocycles. The standard InChI is InChI=1S/C18H20Cl2N3O4P/c1-23-8-15(14-6-12(19)7-17(20)16(14)9-23)11-3-2-4-13(5-11)22-18(24)21-10-28(25,26)27/h2-7,15H,8-10H2,1H3,(H2,21,22,24)(H2,25,26,27). The van der Waals surface area contributed by atoms with Gasteiger partial charge in [-0.25, -0.2) is 4.79 Å². The van der Waals surface area contributed by atoms with Gasteiger partial charge in [-0.2, -0.15) is 0 Å². The highest BCUT2D eigenvalue weighted by molar-refractivity contribution is 7.51. The van der Waals surface area contributed by atoms with E-state index in [4.69, 9.17) is 33.0 Å². The van der Waals surface area contributed by atoms with Gasteiger partial charge in [-0.1, -0.05) is 35.3 Å². The summed E-state index contributed by atoms with van der Waals surface area (Å²) in [5.41, 5.74) is 3.57. The van der Waals surface area contributed by atoms with Crippen molar-refractivity contribution in [3.8, 4) is 0 Å². The van der Waals surface area contributed by atoms with Gasteiger partial charge in [0.2, 0.25) is 0 Å². The number of urea groups is 1. The number of nitrogens with zero attached hydrogens (tertiary/aromatic N) is 1. The predicted molar refractivity (Wildman–Crippen MR) is 110 cm³/mol. The normalized spacial score (nSPS) is 17.1. The van der Waals surface area contributed by atoms with E-state index in [-0.39, 0.29) is 5.92 Å². The Bertz CT molecular complexity index is 950. The van der Waals surface area contributed by atoms with Crippen molar-refractivity contribution < 1.29 is 19.1 Å². The van der Waals surface area contributed by atoms with E-state index >= 15 is 0 Å². The highest BCUT2D eigenvalue weighted by Crippen LogP contribution is 2.39. The van der Waals surface area contributed by atoms with Crippen LogP contribution in [0.3, 0.4) is 0 Å². The summed E-state index contributed by atoms with van der Waals surface area (Å²) in [4.78, 5) is 31.7. The molecule has 0 bridgehead atoms. The molecule has 1 aliphatic rings. The number of anilines is 1. The van der Waals surface area contributed by atoms with Gasteiger partial charge in [0.25, 0.3) is 0 Å². The first-order chi connectivity index (χ1) is 13.1. The molecule has 150 valence electrons. The molecule has 28 heavy (non-hydrogen) atoms. The second-order valence-corrected chi connectivity index (χ2v) is 9.27. The molecule has 1 heterocycles. The first-order valence-electron chi connectivity index (χ1n) is 8.48. The van der Waals surface area contributed by atoms with Crippen molar-refractivity contribution in [3.63, 3.8) is 0 Å². The molecule has 4 N–H and O–H groups in total. The Kier molecular flexibility index (Phi) is 6.34. The number of fused-ring (bicyclic) bond motifs is 1. The van der Waals surface area contributed by atoms with E-state index in [1.807, 2.05) is 31.3 Å².